The van der Waals surface area contributed by atoms with E-state index in [4.69, 9.17) is 14.3 Å². The summed E-state index contributed by atoms with van der Waals surface area (Å²) in [7, 11) is 0. The number of nitrogens with one attached hydrogen (secondary N) is 3. The Bertz CT molecular complexity index is 1650. The Balaban J connectivity index is 1.57. The summed E-state index contributed by atoms with van der Waals surface area (Å²) in [6, 6.07) is -1.15. The highest BCUT2D eigenvalue weighted by atomic mass is 32.2. The Labute approximate surface area is 279 Å². The summed E-state index contributed by atoms with van der Waals surface area (Å²) in [4.78, 5) is 90.1. The molecule has 0 spiro atoms. The van der Waals surface area contributed by atoms with Crippen LogP contribution in [-0.2, 0) is 38.3 Å². The lowest BCUT2D eigenvalue weighted by atomic mass is 10.0. The van der Waals surface area contributed by atoms with E-state index in [-0.39, 0.29) is 34.0 Å². The molecule has 2 aromatic rings. The number of rotatable bonds is 11. The molecule has 4 N–H and O–H groups in total. The number of thioether (sulfide) groups is 1. The molecule has 4 rings (SSSR count). The van der Waals surface area contributed by atoms with Crippen molar-refractivity contribution >= 4 is 86.4 Å². The number of oxime groups is 1. The number of fused-ring (bicyclic) bond motifs is 1. The van der Waals surface area contributed by atoms with Crippen molar-refractivity contribution in [1.29, 1.82) is 0 Å². The van der Waals surface area contributed by atoms with Crippen LogP contribution in [0.1, 0.15) is 47.2 Å². The molecule has 18 nitrogen and oxygen atoms in total. The van der Waals surface area contributed by atoms with E-state index in [1.165, 1.54) is 49.1 Å². The summed E-state index contributed by atoms with van der Waals surface area (Å²) in [6.07, 6.45) is 0.444. The number of aliphatic carboxylic acids is 1. The Morgan fingerprint density at radius 1 is 1.13 bits per heavy atom. The van der Waals surface area contributed by atoms with Crippen LogP contribution in [-0.4, -0.2) is 101 Å². The largest absolute Gasteiger partial charge is 0.478 e. The molecule has 0 saturated carbocycles. The monoisotopic (exact) mass is 710 g/mol. The van der Waals surface area contributed by atoms with Gasteiger partial charge in [0, 0.05) is 35.2 Å². The molecule has 0 aromatic carbocycles. The Hall–Kier alpha value is -4.63. The minimum Gasteiger partial charge on any atom is -0.478 e. The zero-order valence-corrected chi connectivity index (χ0v) is 28.3. The molecule has 252 valence electrons. The van der Waals surface area contributed by atoms with Crippen LogP contribution in [0.4, 0.5) is 15.1 Å². The second-order valence-corrected chi connectivity index (χ2v) is 14.0. The molecule has 21 heteroatoms. The fourth-order valence-corrected chi connectivity index (χ4v) is 6.26. The van der Waals surface area contributed by atoms with E-state index in [0.29, 0.717) is 5.57 Å². The fraction of sp³-hybridized carbons (Fsp3) is 0.462. The maximum atomic E-state index is 13.6. The van der Waals surface area contributed by atoms with Gasteiger partial charge in [-0.3, -0.25) is 34.7 Å². The Morgan fingerprint density at radius 2 is 1.85 bits per heavy atom. The van der Waals surface area contributed by atoms with Crippen LogP contribution in [0.2, 0.25) is 0 Å². The number of carbonyl (C=O) groups is 6. The van der Waals surface area contributed by atoms with Crippen molar-refractivity contribution < 1.29 is 48.2 Å². The maximum Gasteiger partial charge on any atom is 0.413 e. The number of anilines is 2. The van der Waals surface area contributed by atoms with E-state index in [2.05, 4.69) is 35.4 Å². The van der Waals surface area contributed by atoms with Gasteiger partial charge in [0.2, 0.25) is 10.7 Å². The average Bonchev–Trinajstić information content (AvgIpc) is 3.65. The van der Waals surface area contributed by atoms with Crippen molar-refractivity contribution in [1.82, 2.24) is 24.6 Å². The standard InChI is InChI=1S/C26H30N8O10S3/c1-11(35)42-7-12-8-45-20-15(19(38)34(20)16(12)18(37)31-22-27-10-28-47-22)30-17(36)14(33-44-26(5,6)21(39)40)13-9-46-23(29-13)32-24(41)43-25(2,3)4/h9-10,15,20H,7-8H2,1-6H3,(H,30,36)(H,39,40)(H,29,32,41)(H,27,28,31,37)/b33-14-/t15-,20-/m1/s1. The number of aromatic nitrogens is 3. The van der Waals surface area contributed by atoms with Gasteiger partial charge in [-0.1, -0.05) is 5.16 Å². The predicted molar refractivity (Wildman–Crippen MR) is 169 cm³/mol. The van der Waals surface area contributed by atoms with Gasteiger partial charge in [0.05, 0.1) is 0 Å². The van der Waals surface area contributed by atoms with Gasteiger partial charge >= 0.3 is 18.0 Å². The van der Waals surface area contributed by atoms with Gasteiger partial charge in [-0.25, -0.2) is 19.6 Å². The van der Waals surface area contributed by atoms with E-state index in [1.54, 1.807) is 20.8 Å². The number of amides is 4. The van der Waals surface area contributed by atoms with E-state index < -0.39 is 64.1 Å². The average molecular weight is 711 g/mol. The summed E-state index contributed by atoms with van der Waals surface area (Å²) in [5.41, 5.74) is -2.91. The zero-order valence-electron chi connectivity index (χ0n) is 25.8. The topological polar surface area (TPSA) is 241 Å². The molecule has 0 unspecified atom stereocenters. The second-order valence-electron chi connectivity index (χ2n) is 11.3. The van der Waals surface area contributed by atoms with Crippen molar-refractivity contribution in [2.75, 3.05) is 23.0 Å². The van der Waals surface area contributed by atoms with Gasteiger partial charge in [-0.2, -0.15) is 4.37 Å². The van der Waals surface area contributed by atoms with E-state index >= 15 is 0 Å². The first-order chi connectivity index (χ1) is 22.0. The molecule has 4 heterocycles. The second kappa shape index (κ2) is 14.0. The number of hydrogen-bond donors (Lipinski definition) is 4. The van der Waals surface area contributed by atoms with Gasteiger partial charge < -0.3 is 24.7 Å². The molecule has 1 saturated heterocycles. The Kier molecular flexibility index (Phi) is 10.5. The van der Waals surface area contributed by atoms with Crippen LogP contribution < -0.4 is 16.0 Å². The molecule has 2 aliphatic rings. The van der Waals surface area contributed by atoms with Crippen molar-refractivity contribution in [2.45, 2.75) is 64.2 Å². The molecule has 2 aliphatic heterocycles. The van der Waals surface area contributed by atoms with Crippen LogP contribution in [0.25, 0.3) is 0 Å². The number of β-lactam (4-membered cyclic amide) rings is 1. The number of carboxylic acids is 1. The van der Waals surface area contributed by atoms with Crippen molar-refractivity contribution in [3.05, 3.63) is 28.7 Å². The summed E-state index contributed by atoms with van der Waals surface area (Å²) in [5, 5.41) is 21.6. The van der Waals surface area contributed by atoms with Crippen LogP contribution >= 0.6 is 34.6 Å². The first-order valence-electron chi connectivity index (χ1n) is 13.6. The summed E-state index contributed by atoms with van der Waals surface area (Å²) in [6.45, 7) is 8.42. The van der Waals surface area contributed by atoms with Crippen molar-refractivity contribution in [3.63, 3.8) is 0 Å². The lowest BCUT2D eigenvalue weighted by molar-refractivity contribution is -0.161. The summed E-state index contributed by atoms with van der Waals surface area (Å²) >= 11 is 3.06. The minimum absolute atomic E-state index is 0.0394. The fourth-order valence-electron chi connectivity index (χ4n) is 3.83. The van der Waals surface area contributed by atoms with Gasteiger partial charge in [-0.05, 0) is 34.6 Å². The molecular formula is C26H30N8O10S3. The van der Waals surface area contributed by atoms with Crippen LogP contribution in [0.3, 0.4) is 0 Å². The molecule has 0 aliphatic carbocycles. The molecule has 1 fully saturated rings. The summed E-state index contributed by atoms with van der Waals surface area (Å²) in [5.74, 6) is -4.07. The summed E-state index contributed by atoms with van der Waals surface area (Å²) < 4.78 is 14.1. The lowest BCUT2D eigenvalue weighted by Crippen LogP contribution is -2.71. The third kappa shape index (κ3) is 8.60. The number of carbonyl (C=O) groups excluding carboxylic acids is 5. The SMILES string of the molecule is CC(=O)OCC1=C(C(=O)Nc2ncns2)N2C(=O)[C@@H](NC(=O)/C(=N\OC(C)(C)C(=O)O)c3csc(NC(=O)OC(C)(C)C)n3)[C@H]2SC1. The van der Waals surface area contributed by atoms with Crippen molar-refractivity contribution in [3.8, 4) is 0 Å². The van der Waals surface area contributed by atoms with E-state index in [0.717, 1.165) is 22.9 Å². The first-order valence-corrected chi connectivity index (χ1v) is 16.3. The number of esters is 1. The molecule has 4 amide bonds. The van der Waals surface area contributed by atoms with E-state index in [1.807, 2.05) is 0 Å². The number of thiazole rings is 1. The van der Waals surface area contributed by atoms with Crippen LogP contribution in [0.5, 0.6) is 0 Å². The van der Waals surface area contributed by atoms with Gasteiger partial charge in [-0.15, -0.1) is 23.1 Å². The third-order valence-corrected chi connectivity index (χ3v) is 8.71. The number of hydrogen-bond acceptors (Lipinski definition) is 16. The minimum atomic E-state index is -1.85. The number of ether oxygens (including phenoxy) is 2. The smallest absolute Gasteiger partial charge is 0.413 e. The highest BCUT2D eigenvalue weighted by Gasteiger charge is 2.54. The van der Waals surface area contributed by atoms with Crippen LogP contribution in [0, 0.1) is 0 Å². The number of nitrogens with zero attached hydrogens (tertiary/aromatic N) is 5. The first kappa shape index (κ1) is 35.2. The normalized spacial score (nSPS) is 18.0. The molecule has 0 bridgehead atoms. The Morgan fingerprint density at radius 3 is 2.47 bits per heavy atom. The zero-order chi connectivity index (χ0) is 34.7. The van der Waals surface area contributed by atoms with Gasteiger partial charge in [0.15, 0.2) is 10.8 Å². The molecule has 47 heavy (non-hydrogen) atoms. The third-order valence-electron chi connectivity index (χ3n) is 6.03. The maximum absolute atomic E-state index is 13.6. The molecular weight excluding hydrogens is 681 g/mol. The molecule has 2 aromatic heterocycles. The quantitative estimate of drug-likeness (QED) is 0.113. The highest BCUT2D eigenvalue weighted by molar-refractivity contribution is 8.00. The van der Waals surface area contributed by atoms with Crippen LogP contribution in [0.15, 0.2) is 28.1 Å². The predicted octanol–water partition coefficient (Wildman–Crippen LogP) is 1.78. The van der Waals surface area contributed by atoms with E-state index in [9.17, 15) is 33.9 Å². The lowest BCUT2D eigenvalue weighted by Gasteiger charge is -2.49. The molecule has 0 radical (unpaired) electrons. The van der Waals surface area contributed by atoms with Gasteiger partial charge in [0.1, 0.15) is 41.3 Å². The van der Waals surface area contributed by atoms with Gasteiger partial charge in [0.25, 0.3) is 17.7 Å². The van der Waals surface area contributed by atoms with Crippen molar-refractivity contribution in [2.24, 2.45) is 5.16 Å². The highest BCUT2D eigenvalue weighted by Crippen LogP contribution is 2.41. The molecule has 2 atom stereocenters. The number of carboxylic acid groups (broad SMARTS) is 1.